The molecule has 0 aliphatic rings. The summed E-state index contributed by atoms with van der Waals surface area (Å²) < 4.78 is 25.0. The predicted octanol–water partition coefficient (Wildman–Crippen LogP) is 4.48. The number of carbonyl (C=O) groups is 1. The number of benzene rings is 2. The van der Waals surface area contributed by atoms with Crippen molar-refractivity contribution >= 4 is 21.9 Å². The number of hydrogen-bond donors (Lipinski definition) is 0. The Morgan fingerprint density at radius 3 is 2.45 bits per heavy atom. The first-order valence-electron chi connectivity index (χ1n) is 5.83. The van der Waals surface area contributed by atoms with E-state index in [1.54, 1.807) is 37.3 Å². The second-order valence-electron chi connectivity index (χ2n) is 4.17. The standard InChI is InChI=1S/C15H12BrFO3/c1-9-7-12(17)14(15(18)19-2)13(8-9)20-11-5-3-10(16)4-6-11/h3-8H,1-2H3. The Balaban J connectivity index is 2.44. The van der Waals surface area contributed by atoms with Gasteiger partial charge in [-0.2, -0.15) is 0 Å². The summed E-state index contributed by atoms with van der Waals surface area (Å²) in [6.07, 6.45) is 0. The second kappa shape index (κ2) is 6.05. The number of halogens is 2. The van der Waals surface area contributed by atoms with Gasteiger partial charge in [-0.3, -0.25) is 0 Å². The number of hydrogen-bond acceptors (Lipinski definition) is 3. The largest absolute Gasteiger partial charge is 0.465 e. The normalized spacial score (nSPS) is 10.2. The lowest BCUT2D eigenvalue weighted by Crippen LogP contribution is -2.07. The van der Waals surface area contributed by atoms with E-state index in [9.17, 15) is 9.18 Å². The van der Waals surface area contributed by atoms with E-state index in [2.05, 4.69) is 20.7 Å². The highest BCUT2D eigenvalue weighted by Crippen LogP contribution is 2.30. The predicted molar refractivity (Wildman–Crippen MR) is 76.7 cm³/mol. The summed E-state index contributed by atoms with van der Waals surface area (Å²) in [7, 11) is 1.20. The zero-order chi connectivity index (χ0) is 14.7. The Kier molecular flexibility index (Phi) is 4.39. The first-order chi connectivity index (χ1) is 9.51. The van der Waals surface area contributed by atoms with Crippen molar-refractivity contribution in [2.24, 2.45) is 0 Å². The van der Waals surface area contributed by atoms with Crippen molar-refractivity contribution in [3.63, 3.8) is 0 Å². The Morgan fingerprint density at radius 1 is 1.20 bits per heavy atom. The fourth-order valence-corrected chi connectivity index (χ4v) is 1.98. The van der Waals surface area contributed by atoms with Crippen LogP contribution in [0.15, 0.2) is 40.9 Å². The van der Waals surface area contributed by atoms with Crippen molar-refractivity contribution in [3.8, 4) is 11.5 Å². The van der Waals surface area contributed by atoms with Crippen molar-refractivity contribution in [2.45, 2.75) is 6.92 Å². The minimum atomic E-state index is -0.769. The highest BCUT2D eigenvalue weighted by Gasteiger charge is 2.20. The van der Waals surface area contributed by atoms with Crippen LogP contribution in [-0.4, -0.2) is 13.1 Å². The smallest absolute Gasteiger partial charge is 0.344 e. The molecule has 0 saturated carbocycles. The lowest BCUT2D eigenvalue weighted by molar-refractivity contribution is 0.0592. The van der Waals surface area contributed by atoms with Gasteiger partial charge in [0.25, 0.3) is 0 Å². The summed E-state index contributed by atoms with van der Waals surface area (Å²) in [5.74, 6) is -0.793. The van der Waals surface area contributed by atoms with Gasteiger partial charge in [0.2, 0.25) is 0 Å². The molecule has 5 heteroatoms. The third-order valence-electron chi connectivity index (χ3n) is 2.63. The minimum absolute atomic E-state index is 0.136. The summed E-state index contributed by atoms with van der Waals surface area (Å²) in [6, 6.07) is 9.87. The number of methoxy groups -OCH3 is 1. The van der Waals surface area contributed by atoms with E-state index in [1.807, 2.05) is 0 Å². The Morgan fingerprint density at radius 2 is 1.85 bits per heavy atom. The molecule has 20 heavy (non-hydrogen) atoms. The molecule has 3 nitrogen and oxygen atoms in total. The summed E-state index contributed by atoms with van der Waals surface area (Å²) in [5.41, 5.74) is 0.447. The van der Waals surface area contributed by atoms with Gasteiger partial charge in [0, 0.05) is 4.47 Å². The van der Waals surface area contributed by atoms with Gasteiger partial charge in [0.05, 0.1) is 7.11 Å². The van der Waals surface area contributed by atoms with Crippen LogP contribution >= 0.6 is 15.9 Å². The summed E-state index contributed by atoms with van der Waals surface area (Å²) in [5, 5.41) is 0. The minimum Gasteiger partial charge on any atom is -0.465 e. The van der Waals surface area contributed by atoms with Crippen LogP contribution in [0.2, 0.25) is 0 Å². The van der Waals surface area contributed by atoms with Crippen molar-refractivity contribution in [3.05, 3.63) is 57.8 Å². The van der Waals surface area contributed by atoms with E-state index in [0.717, 1.165) is 4.47 Å². The summed E-state index contributed by atoms with van der Waals surface area (Å²) >= 11 is 3.31. The van der Waals surface area contributed by atoms with Crippen molar-refractivity contribution in [1.29, 1.82) is 0 Å². The maximum atomic E-state index is 13.9. The molecule has 2 rings (SSSR count). The Labute approximate surface area is 124 Å². The topological polar surface area (TPSA) is 35.5 Å². The third kappa shape index (κ3) is 3.17. The number of carbonyl (C=O) groups excluding carboxylic acids is 1. The Bertz CT molecular complexity index is 638. The van der Waals surface area contributed by atoms with Gasteiger partial charge in [-0.05, 0) is 48.9 Å². The molecule has 104 valence electrons. The molecular weight excluding hydrogens is 327 g/mol. The molecule has 0 bridgehead atoms. The maximum absolute atomic E-state index is 13.9. The van der Waals surface area contributed by atoms with Crippen LogP contribution in [-0.2, 0) is 4.74 Å². The molecular formula is C15H12BrFO3. The van der Waals surface area contributed by atoms with Crippen LogP contribution in [0, 0.1) is 12.7 Å². The van der Waals surface area contributed by atoms with Gasteiger partial charge in [0.15, 0.2) is 0 Å². The lowest BCUT2D eigenvalue weighted by Gasteiger charge is -2.12. The first-order valence-corrected chi connectivity index (χ1v) is 6.62. The van der Waals surface area contributed by atoms with E-state index >= 15 is 0 Å². The van der Waals surface area contributed by atoms with Gasteiger partial charge in [-0.1, -0.05) is 15.9 Å². The molecule has 0 atom stereocenters. The zero-order valence-corrected chi connectivity index (χ0v) is 12.5. The van der Waals surface area contributed by atoms with Gasteiger partial charge in [-0.25, -0.2) is 9.18 Å². The number of aryl methyl sites for hydroxylation is 1. The molecule has 0 aliphatic heterocycles. The molecule has 0 spiro atoms. The van der Waals surface area contributed by atoms with Gasteiger partial charge < -0.3 is 9.47 Å². The van der Waals surface area contributed by atoms with Crippen molar-refractivity contribution < 1.29 is 18.7 Å². The lowest BCUT2D eigenvalue weighted by atomic mass is 10.1. The zero-order valence-electron chi connectivity index (χ0n) is 10.9. The molecule has 0 unspecified atom stereocenters. The van der Waals surface area contributed by atoms with Gasteiger partial charge in [0.1, 0.15) is 22.9 Å². The van der Waals surface area contributed by atoms with Crippen LogP contribution in [0.4, 0.5) is 4.39 Å². The van der Waals surface area contributed by atoms with Crippen molar-refractivity contribution in [2.75, 3.05) is 7.11 Å². The highest BCUT2D eigenvalue weighted by molar-refractivity contribution is 9.10. The van der Waals surface area contributed by atoms with E-state index < -0.39 is 11.8 Å². The summed E-state index contributed by atoms with van der Waals surface area (Å²) in [6.45, 7) is 1.72. The van der Waals surface area contributed by atoms with E-state index in [-0.39, 0.29) is 11.3 Å². The molecule has 2 aromatic rings. The maximum Gasteiger partial charge on any atom is 0.344 e. The van der Waals surface area contributed by atoms with Gasteiger partial charge in [-0.15, -0.1) is 0 Å². The molecule has 0 saturated heterocycles. The van der Waals surface area contributed by atoms with Crippen LogP contribution in [0.5, 0.6) is 11.5 Å². The number of ether oxygens (including phenoxy) is 2. The fraction of sp³-hybridized carbons (Fsp3) is 0.133. The molecule has 0 fully saturated rings. The summed E-state index contributed by atoms with van der Waals surface area (Å²) in [4.78, 5) is 11.7. The molecule has 0 aliphatic carbocycles. The molecule has 0 N–H and O–H groups in total. The first kappa shape index (κ1) is 14.5. The molecule has 0 aromatic heterocycles. The molecule has 2 aromatic carbocycles. The average Bonchev–Trinajstić information content (AvgIpc) is 2.40. The van der Waals surface area contributed by atoms with E-state index in [4.69, 9.17) is 4.74 Å². The molecule has 0 heterocycles. The van der Waals surface area contributed by atoms with E-state index in [1.165, 1.54) is 13.2 Å². The molecule has 0 amide bonds. The highest BCUT2D eigenvalue weighted by atomic mass is 79.9. The second-order valence-corrected chi connectivity index (χ2v) is 5.08. The van der Waals surface area contributed by atoms with Gasteiger partial charge >= 0.3 is 5.97 Å². The van der Waals surface area contributed by atoms with Crippen molar-refractivity contribution in [1.82, 2.24) is 0 Å². The monoisotopic (exact) mass is 338 g/mol. The van der Waals surface area contributed by atoms with Crippen LogP contribution in [0.25, 0.3) is 0 Å². The van der Waals surface area contributed by atoms with Crippen LogP contribution in [0.3, 0.4) is 0 Å². The van der Waals surface area contributed by atoms with Crippen LogP contribution < -0.4 is 4.74 Å². The fourth-order valence-electron chi connectivity index (χ4n) is 1.72. The number of esters is 1. The SMILES string of the molecule is COC(=O)c1c(F)cc(C)cc1Oc1ccc(Br)cc1. The third-order valence-corrected chi connectivity index (χ3v) is 3.16. The van der Waals surface area contributed by atoms with E-state index in [0.29, 0.717) is 11.3 Å². The Hall–Kier alpha value is -1.88. The number of rotatable bonds is 3. The molecule has 0 radical (unpaired) electrons. The van der Waals surface area contributed by atoms with Crippen LogP contribution in [0.1, 0.15) is 15.9 Å². The average molecular weight is 339 g/mol. The quantitative estimate of drug-likeness (QED) is 0.774.